The van der Waals surface area contributed by atoms with E-state index in [1.807, 2.05) is 6.92 Å². The van der Waals surface area contributed by atoms with Crippen LogP contribution in [0.15, 0.2) is 12.1 Å². The highest BCUT2D eigenvalue weighted by Gasteiger charge is 2.12. The van der Waals surface area contributed by atoms with Crippen molar-refractivity contribution in [3.63, 3.8) is 0 Å². The zero-order valence-corrected chi connectivity index (χ0v) is 11.8. The maximum atomic E-state index is 11.7. The number of benzene rings is 1. The Morgan fingerprint density at radius 1 is 1.26 bits per heavy atom. The Bertz CT molecular complexity index is 488. The number of nitrogens with one attached hydrogen (secondary N) is 1. The number of methoxy groups -OCH3 is 2. The summed E-state index contributed by atoms with van der Waals surface area (Å²) in [6.45, 7) is 1.83. The Morgan fingerprint density at radius 2 is 1.95 bits per heavy atom. The van der Waals surface area contributed by atoms with Gasteiger partial charge in [-0.25, -0.2) is 0 Å². The molecule has 0 saturated carbocycles. The van der Waals surface area contributed by atoms with Gasteiger partial charge in [0.1, 0.15) is 5.75 Å². The van der Waals surface area contributed by atoms with Crippen molar-refractivity contribution in [2.75, 3.05) is 19.5 Å². The van der Waals surface area contributed by atoms with Crippen LogP contribution in [0, 0.1) is 6.92 Å². The average Bonchev–Trinajstić information content (AvgIpc) is 2.35. The fourth-order valence-electron chi connectivity index (χ4n) is 1.62. The van der Waals surface area contributed by atoms with Gasteiger partial charge in [-0.2, -0.15) is 0 Å². The summed E-state index contributed by atoms with van der Waals surface area (Å²) in [4.78, 5) is 22.7. The molecule has 1 aromatic rings. The van der Waals surface area contributed by atoms with E-state index in [1.165, 1.54) is 14.2 Å². The molecule has 0 fully saturated rings. The summed E-state index contributed by atoms with van der Waals surface area (Å²) < 4.78 is 9.68. The molecule has 0 unspecified atom stereocenters. The van der Waals surface area contributed by atoms with E-state index in [-0.39, 0.29) is 18.7 Å². The lowest BCUT2D eigenvalue weighted by Crippen LogP contribution is -2.14. The molecule has 1 amide bonds. The summed E-state index contributed by atoms with van der Waals surface area (Å²) in [6.07, 6.45) is 0.0750. The molecule has 0 aromatic heterocycles. The van der Waals surface area contributed by atoms with Gasteiger partial charge in [0.2, 0.25) is 5.91 Å². The summed E-state index contributed by atoms with van der Waals surface area (Å²) in [5.74, 6) is -0.175. The Labute approximate surface area is 116 Å². The maximum absolute atomic E-state index is 11.7. The molecule has 19 heavy (non-hydrogen) atoms. The van der Waals surface area contributed by atoms with Gasteiger partial charge < -0.3 is 14.8 Å². The number of esters is 1. The van der Waals surface area contributed by atoms with Gasteiger partial charge in [0.05, 0.1) is 26.3 Å². The summed E-state index contributed by atoms with van der Waals surface area (Å²) in [5.41, 5.74) is 1.31. The third kappa shape index (κ3) is 4.44. The number of amides is 1. The van der Waals surface area contributed by atoms with Gasteiger partial charge in [0.15, 0.2) is 0 Å². The van der Waals surface area contributed by atoms with Crippen molar-refractivity contribution in [3.8, 4) is 5.75 Å². The highest BCUT2D eigenvalue weighted by molar-refractivity contribution is 6.31. The average molecular weight is 286 g/mol. The monoisotopic (exact) mass is 285 g/mol. The zero-order chi connectivity index (χ0) is 14.4. The van der Waals surface area contributed by atoms with Crippen LogP contribution in [0.25, 0.3) is 0 Å². The largest absolute Gasteiger partial charge is 0.494 e. The summed E-state index contributed by atoms with van der Waals surface area (Å²) >= 11 is 5.93. The van der Waals surface area contributed by atoms with E-state index in [9.17, 15) is 9.59 Å². The van der Waals surface area contributed by atoms with E-state index in [2.05, 4.69) is 10.1 Å². The fraction of sp³-hybridized carbons (Fsp3) is 0.385. The minimum Gasteiger partial charge on any atom is -0.494 e. The lowest BCUT2D eigenvalue weighted by atomic mass is 10.2. The van der Waals surface area contributed by atoms with Crippen LogP contribution in [-0.4, -0.2) is 26.1 Å². The molecule has 1 N–H and O–H groups in total. The first-order valence-electron chi connectivity index (χ1n) is 5.68. The van der Waals surface area contributed by atoms with Gasteiger partial charge in [-0.15, -0.1) is 0 Å². The van der Waals surface area contributed by atoms with E-state index in [1.54, 1.807) is 12.1 Å². The molecule has 0 atom stereocenters. The minimum atomic E-state index is -0.426. The molecule has 104 valence electrons. The third-order valence-electron chi connectivity index (χ3n) is 2.50. The number of aryl methyl sites for hydroxylation is 1. The first-order valence-corrected chi connectivity index (χ1v) is 6.06. The van der Waals surface area contributed by atoms with E-state index in [0.717, 1.165) is 5.56 Å². The first-order chi connectivity index (χ1) is 8.97. The Morgan fingerprint density at radius 3 is 2.53 bits per heavy atom. The van der Waals surface area contributed by atoms with Gasteiger partial charge in [-0.3, -0.25) is 9.59 Å². The third-order valence-corrected chi connectivity index (χ3v) is 2.72. The van der Waals surface area contributed by atoms with Crippen molar-refractivity contribution in [1.29, 1.82) is 0 Å². The van der Waals surface area contributed by atoms with Crippen LogP contribution >= 0.6 is 11.6 Å². The van der Waals surface area contributed by atoms with Crippen LogP contribution in [0.5, 0.6) is 5.75 Å². The predicted molar refractivity (Wildman–Crippen MR) is 72.6 cm³/mol. The summed E-state index contributed by atoms with van der Waals surface area (Å²) in [5, 5.41) is 3.17. The minimum absolute atomic E-state index is 0.0319. The molecule has 0 aliphatic carbocycles. The van der Waals surface area contributed by atoms with Crippen LogP contribution < -0.4 is 10.1 Å². The van der Waals surface area contributed by atoms with Crippen LogP contribution in [0.4, 0.5) is 5.69 Å². The van der Waals surface area contributed by atoms with E-state index in [4.69, 9.17) is 16.3 Å². The van der Waals surface area contributed by atoms with Crippen molar-refractivity contribution in [3.05, 3.63) is 22.7 Å². The Balaban J connectivity index is 2.76. The van der Waals surface area contributed by atoms with Gasteiger partial charge in [-0.05, 0) is 24.6 Å². The smallest absolute Gasteiger partial charge is 0.306 e. The number of hydrogen-bond acceptors (Lipinski definition) is 4. The van der Waals surface area contributed by atoms with Crippen molar-refractivity contribution in [2.45, 2.75) is 19.8 Å². The Kier molecular flexibility index (Phi) is 5.63. The molecule has 6 heteroatoms. The Hall–Kier alpha value is -1.75. The molecule has 1 aromatic carbocycles. The van der Waals surface area contributed by atoms with Crippen LogP contribution in [0.2, 0.25) is 5.02 Å². The lowest BCUT2D eigenvalue weighted by molar-refractivity contribution is -0.141. The van der Waals surface area contributed by atoms with Gasteiger partial charge in [0, 0.05) is 11.4 Å². The molecule has 0 saturated heterocycles. The number of carbonyl (C=O) groups is 2. The molecule has 0 bridgehead atoms. The lowest BCUT2D eigenvalue weighted by Gasteiger charge is -2.13. The van der Waals surface area contributed by atoms with E-state index < -0.39 is 5.97 Å². The van der Waals surface area contributed by atoms with Gasteiger partial charge in [0.25, 0.3) is 0 Å². The van der Waals surface area contributed by atoms with E-state index >= 15 is 0 Å². The normalized spacial score (nSPS) is 9.89. The van der Waals surface area contributed by atoms with Crippen molar-refractivity contribution < 1.29 is 19.1 Å². The quantitative estimate of drug-likeness (QED) is 0.845. The molecular weight excluding hydrogens is 270 g/mol. The molecule has 0 spiro atoms. The molecule has 1 rings (SSSR count). The number of rotatable bonds is 5. The fourth-order valence-corrected chi connectivity index (χ4v) is 1.90. The first kappa shape index (κ1) is 15.3. The second kappa shape index (κ2) is 6.99. The number of carbonyl (C=O) groups excluding carboxylic acids is 2. The second-order valence-electron chi connectivity index (χ2n) is 3.93. The van der Waals surface area contributed by atoms with Crippen LogP contribution in [0.3, 0.4) is 0 Å². The number of anilines is 1. The topological polar surface area (TPSA) is 64.6 Å². The van der Waals surface area contributed by atoms with Crippen LogP contribution in [0.1, 0.15) is 18.4 Å². The molecule has 0 aliphatic heterocycles. The SMILES string of the molecule is COC(=O)CCC(=O)Nc1cc(Cl)cc(C)c1OC. The van der Waals surface area contributed by atoms with Gasteiger partial charge in [-0.1, -0.05) is 11.6 Å². The van der Waals surface area contributed by atoms with Crippen molar-refractivity contribution in [2.24, 2.45) is 0 Å². The standard InChI is InChI=1S/C13H16ClNO4/c1-8-6-9(14)7-10(13(8)19-3)15-11(16)4-5-12(17)18-2/h6-7H,4-5H2,1-3H3,(H,15,16). The summed E-state index contributed by atoms with van der Waals surface area (Å²) in [6, 6.07) is 3.34. The molecule has 0 radical (unpaired) electrons. The number of halogens is 1. The molecule has 0 aliphatic rings. The summed E-state index contributed by atoms with van der Waals surface area (Å²) in [7, 11) is 2.80. The molecule has 0 heterocycles. The highest BCUT2D eigenvalue weighted by Crippen LogP contribution is 2.32. The predicted octanol–water partition coefficient (Wildman–Crippen LogP) is 2.55. The number of hydrogen-bond donors (Lipinski definition) is 1. The number of ether oxygens (including phenoxy) is 2. The highest BCUT2D eigenvalue weighted by atomic mass is 35.5. The second-order valence-corrected chi connectivity index (χ2v) is 4.36. The van der Waals surface area contributed by atoms with Crippen molar-refractivity contribution >= 4 is 29.2 Å². The van der Waals surface area contributed by atoms with Gasteiger partial charge >= 0.3 is 5.97 Å². The van der Waals surface area contributed by atoms with E-state index in [0.29, 0.717) is 16.5 Å². The van der Waals surface area contributed by atoms with Crippen LogP contribution in [-0.2, 0) is 14.3 Å². The van der Waals surface area contributed by atoms with Crippen molar-refractivity contribution in [1.82, 2.24) is 0 Å². The molecule has 5 nitrogen and oxygen atoms in total. The molecular formula is C13H16ClNO4. The zero-order valence-electron chi connectivity index (χ0n) is 11.1. The maximum Gasteiger partial charge on any atom is 0.306 e.